The number of benzene rings is 1. The van der Waals surface area contributed by atoms with Gasteiger partial charge in [0, 0.05) is 19.5 Å². The second-order valence-corrected chi connectivity index (χ2v) is 7.28. The van der Waals surface area contributed by atoms with Gasteiger partial charge in [-0.15, -0.1) is 0 Å². The first-order valence-corrected chi connectivity index (χ1v) is 9.12. The van der Waals surface area contributed by atoms with E-state index in [9.17, 15) is 4.79 Å². The zero-order valence-corrected chi connectivity index (χ0v) is 14.5. The van der Waals surface area contributed by atoms with Crippen molar-refractivity contribution in [2.45, 2.75) is 52.4 Å². The van der Waals surface area contributed by atoms with E-state index in [2.05, 4.69) is 30.9 Å². The van der Waals surface area contributed by atoms with Crippen LogP contribution in [0.3, 0.4) is 0 Å². The molecule has 3 rings (SSSR count). The average molecular weight is 315 g/mol. The van der Waals surface area contributed by atoms with Crippen LogP contribution in [0.1, 0.15) is 49.7 Å². The third-order valence-corrected chi connectivity index (χ3v) is 5.52. The highest BCUT2D eigenvalue weighted by molar-refractivity contribution is 5.76. The standard InChI is InChI=1S/C20H29NO2/c1-15-7-5-8-16(2)20(15)23-12-6-11-19(22)21-13-17-9-3-4-10-18(17)14-21/h5,7-8,17-18H,3-4,6,9-14H2,1-2H3. The Morgan fingerprint density at radius 3 is 2.35 bits per heavy atom. The summed E-state index contributed by atoms with van der Waals surface area (Å²) in [7, 11) is 0. The van der Waals surface area contributed by atoms with Crippen molar-refractivity contribution in [1.29, 1.82) is 0 Å². The van der Waals surface area contributed by atoms with E-state index in [0.29, 0.717) is 18.9 Å². The summed E-state index contributed by atoms with van der Waals surface area (Å²) in [5.74, 6) is 2.86. The maximum atomic E-state index is 12.4. The van der Waals surface area contributed by atoms with Gasteiger partial charge in [-0.05, 0) is 56.1 Å². The van der Waals surface area contributed by atoms with E-state index in [1.807, 2.05) is 6.07 Å². The quantitative estimate of drug-likeness (QED) is 0.765. The fourth-order valence-electron chi connectivity index (χ4n) is 4.19. The molecule has 1 aliphatic carbocycles. The molecule has 1 saturated carbocycles. The van der Waals surface area contributed by atoms with E-state index < -0.39 is 0 Å². The Morgan fingerprint density at radius 1 is 1.13 bits per heavy atom. The highest BCUT2D eigenvalue weighted by Crippen LogP contribution is 2.36. The average Bonchev–Trinajstić information content (AvgIpc) is 2.97. The fourth-order valence-corrected chi connectivity index (χ4v) is 4.19. The third-order valence-electron chi connectivity index (χ3n) is 5.52. The van der Waals surface area contributed by atoms with E-state index in [-0.39, 0.29) is 0 Å². The molecular weight excluding hydrogens is 286 g/mol. The zero-order valence-electron chi connectivity index (χ0n) is 14.5. The number of rotatable bonds is 5. The van der Waals surface area contributed by atoms with Gasteiger partial charge in [-0.2, -0.15) is 0 Å². The SMILES string of the molecule is Cc1cccc(C)c1OCCCC(=O)N1CC2CCCCC2C1. The highest BCUT2D eigenvalue weighted by Gasteiger charge is 2.35. The Balaban J connectivity index is 1.41. The van der Waals surface area contributed by atoms with Crippen molar-refractivity contribution in [2.75, 3.05) is 19.7 Å². The maximum absolute atomic E-state index is 12.4. The molecule has 2 fully saturated rings. The molecular formula is C20H29NO2. The summed E-state index contributed by atoms with van der Waals surface area (Å²) in [6.45, 7) is 6.76. The molecule has 0 radical (unpaired) electrons. The Kier molecular flexibility index (Phi) is 5.24. The van der Waals surface area contributed by atoms with Crippen molar-refractivity contribution in [3.63, 3.8) is 0 Å². The number of hydrogen-bond donors (Lipinski definition) is 0. The predicted octanol–water partition coefficient (Wildman–Crippen LogP) is 4.11. The van der Waals surface area contributed by atoms with Gasteiger partial charge in [0.25, 0.3) is 0 Å². The molecule has 0 aromatic heterocycles. The molecule has 1 saturated heterocycles. The molecule has 1 aromatic rings. The minimum atomic E-state index is 0.324. The van der Waals surface area contributed by atoms with Gasteiger partial charge in [0.2, 0.25) is 5.91 Å². The zero-order chi connectivity index (χ0) is 16.2. The number of ether oxygens (including phenoxy) is 1. The van der Waals surface area contributed by atoms with Gasteiger partial charge in [0.15, 0.2) is 0 Å². The largest absolute Gasteiger partial charge is 0.493 e. The normalized spacial score (nSPS) is 23.7. The van der Waals surface area contributed by atoms with Crippen molar-refractivity contribution in [2.24, 2.45) is 11.8 Å². The minimum absolute atomic E-state index is 0.324. The molecule has 1 amide bonds. The number of hydrogen-bond acceptors (Lipinski definition) is 2. The molecule has 1 aromatic carbocycles. The second-order valence-electron chi connectivity index (χ2n) is 7.28. The van der Waals surface area contributed by atoms with E-state index in [0.717, 1.165) is 37.1 Å². The highest BCUT2D eigenvalue weighted by atomic mass is 16.5. The number of para-hydroxylation sites is 1. The van der Waals surface area contributed by atoms with Crippen molar-refractivity contribution in [3.8, 4) is 5.75 Å². The molecule has 0 bridgehead atoms. The van der Waals surface area contributed by atoms with Crippen molar-refractivity contribution in [1.82, 2.24) is 4.90 Å². The Bertz CT molecular complexity index is 520. The lowest BCUT2D eigenvalue weighted by molar-refractivity contribution is -0.130. The van der Waals surface area contributed by atoms with Gasteiger partial charge in [-0.25, -0.2) is 0 Å². The number of fused-ring (bicyclic) bond motifs is 1. The number of aryl methyl sites for hydroxylation is 2. The fraction of sp³-hybridized carbons (Fsp3) is 0.650. The number of carbonyl (C=O) groups is 1. The van der Waals surface area contributed by atoms with Gasteiger partial charge in [-0.1, -0.05) is 31.0 Å². The number of carbonyl (C=O) groups excluding carboxylic acids is 1. The van der Waals surface area contributed by atoms with Crippen LogP contribution in [-0.2, 0) is 4.79 Å². The van der Waals surface area contributed by atoms with E-state index in [1.165, 1.54) is 36.8 Å². The summed E-state index contributed by atoms with van der Waals surface area (Å²) in [4.78, 5) is 14.5. The second kappa shape index (κ2) is 7.37. The van der Waals surface area contributed by atoms with Crippen LogP contribution in [0.15, 0.2) is 18.2 Å². The molecule has 0 N–H and O–H groups in total. The lowest BCUT2D eigenvalue weighted by Crippen LogP contribution is -2.29. The number of amides is 1. The van der Waals surface area contributed by atoms with E-state index in [4.69, 9.17) is 4.74 Å². The Labute approximate surface area is 140 Å². The molecule has 23 heavy (non-hydrogen) atoms. The van der Waals surface area contributed by atoms with Crippen LogP contribution in [0.5, 0.6) is 5.75 Å². The van der Waals surface area contributed by atoms with Crippen LogP contribution in [0.4, 0.5) is 0 Å². The van der Waals surface area contributed by atoms with Crippen LogP contribution in [0, 0.1) is 25.7 Å². The van der Waals surface area contributed by atoms with Gasteiger partial charge in [0.05, 0.1) is 6.61 Å². The molecule has 3 nitrogen and oxygen atoms in total. The lowest BCUT2D eigenvalue weighted by atomic mass is 9.82. The summed E-state index contributed by atoms with van der Waals surface area (Å²) in [5, 5.41) is 0. The van der Waals surface area contributed by atoms with Crippen molar-refractivity contribution < 1.29 is 9.53 Å². The monoisotopic (exact) mass is 315 g/mol. The van der Waals surface area contributed by atoms with E-state index in [1.54, 1.807) is 0 Å². The van der Waals surface area contributed by atoms with Crippen molar-refractivity contribution >= 4 is 5.91 Å². The Hall–Kier alpha value is -1.51. The first-order valence-electron chi connectivity index (χ1n) is 9.12. The summed E-state index contributed by atoms with van der Waals surface area (Å²) in [6, 6.07) is 6.19. The van der Waals surface area contributed by atoms with E-state index >= 15 is 0 Å². The lowest BCUT2D eigenvalue weighted by Gasteiger charge is -2.22. The van der Waals surface area contributed by atoms with Crippen LogP contribution >= 0.6 is 0 Å². The first-order chi connectivity index (χ1) is 11.1. The topological polar surface area (TPSA) is 29.5 Å². The van der Waals surface area contributed by atoms with Gasteiger partial charge < -0.3 is 9.64 Å². The molecule has 1 heterocycles. The smallest absolute Gasteiger partial charge is 0.222 e. The molecule has 3 heteroatoms. The number of likely N-dealkylation sites (tertiary alicyclic amines) is 1. The van der Waals surface area contributed by atoms with Crippen LogP contribution < -0.4 is 4.74 Å². The van der Waals surface area contributed by atoms with Crippen LogP contribution in [0.2, 0.25) is 0 Å². The molecule has 1 aliphatic heterocycles. The Morgan fingerprint density at radius 2 is 1.74 bits per heavy atom. The molecule has 0 spiro atoms. The summed E-state index contributed by atoms with van der Waals surface area (Å²) in [6.07, 6.45) is 6.77. The molecule has 2 aliphatic rings. The first kappa shape index (κ1) is 16.4. The van der Waals surface area contributed by atoms with Crippen LogP contribution in [-0.4, -0.2) is 30.5 Å². The van der Waals surface area contributed by atoms with Crippen molar-refractivity contribution in [3.05, 3.63) is 29.3 Å². The molecule has 2 unspecified atom stereocenters. The predicted molar refractivity (Wildman–Crippen MR) is 92.7 cm³/mol. The van der Waals surface area contributed by atoms with Gasteiger partial charge in [-0.3, -0.25) is 4.79 Å². The van der Waals surface area contributed by atoms with Gasteiger partial charge >= 0.3 is 0 Å². The summed E-state index contributed by atoms with van der Waals surface area (Å²) >= 11 is 0. The summed E-state index contributed by atoms with van der Waals surface area (Å²) in [5.41, 5.74) is 2.33. The summed E-state index contributed by atoms with van der Waals surface area (Å²) < 4.78 is 5.90. The molecule has 126 valence electrons. The number of nitrogens with zero attached hydrogens (tertiary/aromatic N) is 1. The van der Waals surface area contributed by atoms with Gasteiger partial charge in [0.1, 0.15) is 5.75 Å². The maximum Gasteiger partial charge on any atom is 0.222 e. The minimum Gasteiger partial charge on any atom is -0.493 e. The molecule has 2 atom stereocenters. The van der Waals surface area contributed by atoms with Crippen LogP contribution in [0.25, 0.3) is 0 Å². The third kappa shape index (κ3) is 3.88.